The van der Waals surface area contributed by atoms with E-state index in [0.717, 1.165) is 6.92 Å². The van der Waals surface area contributed by atoms with Crippen molar-refractivity contribution >= 4 is 0 Å². The average molecular weight is 284 g/mol. The third kappa shape index (κ3) is 3.60. The summed E-state index contributed by atoms with van der Waals surface area (Å²) >= 11 is 0. The van der Waals surface area contributed by atoms with Gasteiger partial charge in [0.1, 0.15) is 0 Å². The van der Waals surface area contributed by atoms with E-state index >= 15 is 0 Å². The van der Waals surface area contributed by atoms with E-state index in [4.69, 9.17) is 0 Å². The summed E-state index contributed by atoms with van der Waals surface area (Å²) in [6.45, 7) is 0.749. The molecule has 0 saturated carbocycles. The molecule has 0 bridgehead atoms. The van der Waals surface area contributed by atoms with Crippen LogP contribution in [0.3, 0.4) is 0 Å². The van der Waals surface area contributed by atoms with Gasteiger partial charge in [0.25, 0.3) is 0 Å². The van der Waals surface area contributed by atoms with Gasteiger partial charge < -0.3 is 18.9 Å². The molecule has 0 spiro atoms. The SMILES string of the molecule is CC1(F)OC(F)=C(F)O1.FC1=C(F)OC(F)(F)O1. The van der Waals surface area contributed by atoms with Gasteiger partial charge in [0.05, 0.1) is 0 Å². The molecule has 11 heteroatoms. The first kappa shape index (κ1) is 14.3. The predicted molar refractivity (Wildman–Crippen MR) is 37.3 cm³/mol. The topological polar surface area (TPSA) is 36.9 Å². The third-order valence-corrected chi connectivity index (χ3v) is 1.27. The van der Waals surface area contributed by atoms with Crippen LogP contribution in [0, 0.1) is 0 Å². The number of hydrogen-bond acceptors (Lipinski definition) is 4. The van der Waals surface area contributed by atoms with Gasteiger partial charge in [-0.1, -0.05) is 0 Å². The van der Waals surface area contributed by atoms with E-state index in [0.29, 0.717) is 0 Å². The molecule has 18 heavy (non-hydrogen) atoms. The molecule has 0 radical (unpaired) electrons. The van der Waals surface area contributed by atoms with E-state index < -0.39 is 36.4 Å². The molecular formula is C7H3F7O4. The van der Waals surface area contributed by atoms with Gasteiger partial charge in [-0.2, -0.15) is 22.0 Å². The minimum atomic E-state index is -4.19. The average Bonchev–Trinajstić information content (AvgIpc) is 2.49. The predicted octanol–water partition coefficient (Wildman–Crippen LogP) is 3.39. The van der Waals surface area contributed by atoms with E-state index in [1.165, 1.54) is 0 Å². The maximum absolute atomic E-state index is 12.1. The Morgan fingerprint density at radius 3 is 1.06 bits per heavy atom. The van der Waals surface area contributed by atoms with E-state index in [1.807, 2.05) is 0 Å². The maximum Gasteiger partial charge on any atom is 0.589 e. The lowest BCUT2D eigenvalue weighted by atomic mass is 10.7. The second kappa shape index (κ2) is 4.46. The smallest absolute Gasteiger partial charge is 0.396 e. The molecule has 0 saturated heterocycles. The number of rotatable bonds is 0. The molecule has 0 atom stereocenters. The molecule has 4 nitrogen and oxygen atoms in total. The Morgan fingerprint density at radius 1 is 0.667 bits per heavy atom. The largest absolute Gasteiger partial charge is 0.589 e. The zero-order valence-electron chi connectivity index (χ0n) is 8.28. The van der Waals surface area contributed by atoms with Crippen molar-refractivity contribution in [2.45, 2.75) is 19.3 Å². The second-order valence-electron chi connectivity index (χ2n) is 2.80. The first-order valence-corrected chi connectivity index (χ1v) is 3.96. The van der Waals surface area contributed by atoms with Gasteiger partial charge in [-0.3, -0.25) is 0 Å². The Balaban J connectivity index is 0.000000180. The van der Waals surface area contributed by atoms with E-state index in [2.05, 4.69) is 18.9 Å². The lowest BCUT2D eigenvalue weighted by molar-refractivity contribution is -0.345. The van der Waals surface area contributed by atoms with Gasteiger partial charge in [-0.05, 0) is 0 Å². The Bertz CT molecular complexity index is 333. The number of ether oxygens (including phenoxy) is 4. The molecule has 0 N–H and O–H groups in total. The van der Waals surface area contributed by atoms with Crippen LogP contribution in [0.1, 0.15) is 6.92 Å². The number of hydrogen-bond donors (Lipinski definition) is 0. The van der Waals surface area contributed by atoms with Crippen molar-refractivity contribution in [3.63, 3.8) is 0 Å². The summed E-state index contributed by atoms with van der Waals surface area (Å²) < 4.78 is 94.7. The van der Waals surface area contributed by atoms with Crippen molar-refractivity contribution in [3.8, 4) is 0 Å². The van der Waals surface area contributed by atoms with Crippen LogP contribution in [-0.2, 0) is 18.9 Å². The highest BCUT2D eigenvalue weighted by atomic mass is 19.3. The van der Waals surface area contributed by atoms with Gasteiger partial charge in [0, 0.05) is 6.92 Å². The van der Waals surface area contributed by atoms with Gasteiger partial charge in [0.2, 0.25) is 0 Å². The minimum absolute atomic E-state index is 0.749. The first-order chi connectivity index (χ1) is 8.02. The summed E-state index contributed by atoms with van der Waals surface area (Å²) in [6, 6.07) is -10.0. The van der Waals surface area contributed by atoms with Crippen molar-refractivity contribution in [2.75, 3.05) is 0 Å². The third-order valence-electron chi connectivity index (χ3n) is 1.27. The zero-order valence-corrected chi connectivity index (χ0v) is 8.28. The highest BCUT2D eigenvalue weighted by Gasteiger charge is 2.46. The minimum Gasteiger partial charge on any atom is -0.396 e. The highest BCUT2D eigenvalue weighted by Crippen LogP contribution is 2.34. The quantitative estimate of drug-likeness (QED) is 0.639. The van der Waals surface area contributed by atoms with E-state index in [1.54, 1.807) is 0 Å². The lowest BCUT2D eigenvalue weighted by Crippen LogP contribution is -2.18. The summed E-state index contributed by atoms with van der Waals surface area (Å²) in [5, 5.41) is 0. The fraction of sp³-hybridized carbons (Fsp3) is 0.429. The van der Waals surface area contributed by atoms with Crippen molar-refractivity contribution in [3.05, 3.63) is 24.1 Å². The molecule has 2 aliphatic rings. The first-order valence-electron chi connectivity index (χ1n) is 3.96. The molecule has 2 heterocycles. The summed E-state index contributed by atoms with van der Waals surface area (Å²) in [4.78, 5) is 0. The zero-order chi connectivity index (χ0) is 14.1. The molecule has 0 aromatic heterocycles. The van der Waals surface area contributed by atoms with Crippen molar-refractivity contribution in [2.24, 2.45) is 0 Å². The summed E-state index contributed by atoms with van der Waals surface area (Å²) in [5.41, 5.74) is 0. The van der Waals surface area contributed by atoms with Crippen LogP contribution >= 0.6 is 0 Å². The molecule has 0 aromatic rings. The van der Waals surface area contributed by atoms with Crippen LogP contribution < -0.4 is 0 Å². The summed E-state index contributed by atoms with van der Waals surface area (Å²) in [6.07, 6.45) is -4.19. The molecule has 2 rings (SSSR count). The van der Waals surface area contributed by atoms with Gasteiger partial charge in [0.15, 0.2) is 0 Å². The van der Waals surface area contributed by atoms with Gasteiger partial charge >= 0.3 is 36.4 Å². The number of alkyl halides is 3. The maximum atomic E-state index is 12.1. The van der Waals surface area contributed by atoms with Crippen molar-refractivity contribution in [1.82, 2.24) is 0 Å². The van der Waals surface area contributed by atoms with Crippen molar-refractivity contribution in [1.29, 1.82) is 0 Å². The summed E-state index contributed by atoms with van der Waals surface area (Å²) in [5.74, 6) is 0. The second-order valence-corrected chi connectivity index (χ2v) is 2.80. The van der Waals surface area contributed by atoms with Gasteiger partial charge in [-0.15, -0.1) is 8.78 Å². The molecule has 0 amide bonds. The van der Waals surface area contributed by atoms with Crippen LogP contribution in [0.2, 0.25) is 0 Å². The Labute approximate surface area is 94.2 Å². The lowest BCUT2D eigenvalue weighted by Gasteiger charge is -2.09. The Hall–Kier alpha value is -1.81. The Kier molecular flexibility index (Phi) is 3.53. The fourth-order valence-corrected chi connectivity index (χ4v) is 0.731. The normalized spacial score (nSPS) is 23.6. The molecule has 0 unspecified atom stereocenters. The van der Waals surface area contributed by atoms with Gasteiger partial charge in [-0.25, -0.2) is 0 Å². The van der Waals surface area contributed by atoms with Crippen LogP contribution in [-0.4, -0.2) is 12.3 Å². The molecule has 0 fully saturated rings. The van der Waals surface area contributed by atoms with Crippen LogP contribution in [0.4, 0.5) is 30.7 Å². The monoisotopic (exact) mass is 284 g/mol. The van der Waals surface area contributed by atoms with Crippen LogP contribution in [0.25, 0.3) is 0 Å². The molecule has 2 aliphatic heterocycles. The standard InChI is InChI=1S/C4H3F3O2.C3F4O2/c1-4(7)8-2(5)3(6)9-4;4-1-2(5)9-3(6,7)8-1/h1H3;. The molecule has 0 aliphatic carbocycles. The fourth-order valence-electron chi connectivity index (χ4n) is 0.731. The van der Waals surface area contributed by atoms with E-state index in [9.17, 15) is 30.7 Å². The van der Waals surface area contributed by atoms with Crippen LogP contribution in [0.15, 0.2) is 24.1 Å². The summed E-state index contributed by atoms with van der Waals surface area (Å²) in [7, 11) is 0. The molecule has 0 aromatic carbocycles. The molecular weight excluding hydrogens is 281 g/mol. The van der Waals surface area contributed by atoms with Crippen molar-refractivity contribution < 1.29 is 49.7 Å². The Morgan fingerprint density at radius 2 is 0.944 bits per heavy atom. The molecule has 104 valence electrons. The highest BCUT2D eigenvalue weighted by molar-refractivity contribution is 4.90. The van der Waals surface area contributed by atoms with E-state index in [-0.39, 0.29) is 0 Å². The number of halogens is 7. The van der Waals surface area contributed by atoms with Crippen LogP contribution in [0.5, 0.6) is 0 Å².